The molecule has 3 atom stereocenters. The molecule has 3 unspecified atom stereocenters. The summed E-state index contributed by atoms with van der Waals surface area (Å²) in [5.74, 6) is 0. The number of nitrogens with two attached hydrogens (primary N) is 1. The Morgan fingerprint density at radius 1 is 1.33 bits per heavy atom. The van der Waals surface area contributed by atoms with Crippen LogP contribution in [-0.2, 0) is 0 Å². The fraction of sp³-hybridized carbons (Fsp3) is 1.00. The highest BCUT2D eigenvalue weighted by Crippen LogP contribution is 2.36. The number of fused-ring (bicyclic) bond motifs is 2. The van der Waals surface area contributed by atoms with Crippen LogP contribution in [0, 0.1) is 0 Å². The van der Waals surface area contributed by atoms with Gasteiger partial charge in [0.15, 0.2) is 5.69 Å². The zero-order chi connectivity index (χ0) is 8.72. The van der Waals surface area contributed by atoms with Crippen molar-refractivity contribution in [3.63, 3.8) is 0 Å². The molecule has 2 aliphatic rings. The Bertz CT molecular complexity index is 162. The Hall–Kier alpha value is 0.170. The average Bonchev–Trinajstić information content (AvgIpc) is 2.24. The molecule has 2 bridgehead atoms. The summed E-state index contributed by atoms with van der Waals surface area (Å²) >= 11 is 5.67. The SMILES string of the molecule is NC1CC2CCC(C1)N2C(O)Cl. The molecule has 0 amide bonds. The van der Waals surface area contributed by atoms with E-state index in [0.717, 1.165) is 25.7 Å². The van der Waals surface area contributed by atoms with Crippen LogP contribution in [0.3, 0.4) is 0 Å². The molecule has 0 aromatic rings. The van der Waals surface area contributed by atoms with E-state index < -0.39 is 5.69 Å². The van der Waals surface area contributed by atoms with Gasteiger partial charge >= 0.3 is 0 Å². The molecule has 0 aromatic heterocycles. The molecule has 3 N–H and O–H groups in total. The molecule has 0 radical (unpaired) electrons. The number of nitrogens with zero attached hydrogens (tertiary/aromatic N) is 1. The molecular formula is C8H15ClN2O. The van der Waals surface area contributed by atoms with Crippen LogP contribution in [0.15, 0.2) is 0 Å². The molecule has 70 valence electrons. The summed E-state index contributed by atoms with van der Waals surface area (Å²) < 4.78 is 0. The van der Waals surface area contributed by atoms with E-state index in [4.69, 9.17) is 17.3 Å². The molecule has 0 aliphatic carbocycles. The van der Waals surface area contributed by atoms with E-state index >= 15 is 0 Å². The predicted octanol–water partition coefficient (Wildman–Crippen LogP) is 0.455. The third kappa shape index (κ3) is 1.35. The minimum atomic E-state index is -0.810. The van der Waals surface area contributed by atoms with E-state index in [9.17, 15) is 5.11 Å². The number of piperidine rings is 1. The Labute approximate surface area is 77.5 Å². The molecule has 2 saturated heterocycles. The Kier molecular flexibility index (Phi) is 2.29. The first-order valence-electron chi connectivity index (χ1n) is 4.53. The molecule has 0 aromatic carbocycles. The van der Waals surface area contributed by atoms with E-state index in [0.29, 0.717) is 18.1 Å². The lowest BCUT2D eigenvalue weighted by atomic mass is 9.99. The lowest BCUT2D eigenvalue weighted by Crippen LogP contribution is -2.50. The third-order valence-electron chi connectivity index (χ3n) is 3.07. The molecule has 4 heteroatoms. The van der Waals surface area contributed by atoms with Crippen LogP contribution in [0.4, 0.5) is 0 Å². The summed E-state index contributed by atoms with van der Waals surface area (Å²) in [6.45, 7) is 0. The maximum absolute atomic E-state index is 9.29. The van der Waals surface area contributed by atoms with Gasteiger partial charge in [0, 0.05) is 18.1 Å². The molecule has 0 spiro atoms. The molecule has 2 rings (SSSR count). The maximum Gasteiger partial charge on any atom is 0.185 e. The maximum atomic E-state index is 9.29. The van der Waals surface area contributed by atoms with Gasteiger partial charge in [-0.25, -0.2) is 0 Å². The summed E-state index contributed by atoms with van der Waals surface area (Å²) in [6, 6.07) is 1.16. The van der Waals surface area contributed by atoms with E-state index in [1.54, 1.807) is 0 Å². The lowest BCUT2D eigenvalue weighted by Gasteiger charge is -2.38. The lowest BCUT2D eigenvalue weighted by molar-refractivity contribution is 0.00259. The summed E-state index contributed by atoms with van der Waals surface area (Å²) in [4.78, 5) is 2.00. The van der Waals surface area contributed by atoms with Crippen molar-refractivity contribution in [3.8, 4) is 0 Å². The zero-order valence-electron chi connectivity index (χ0n) is 6.99. The van der Waals surface area contributed by atoms with Crippen molar-refractivity contribution in [3.05, 3.63) is 0 Å². The molecule has 2 fully saturated rings. The van der Waals surface area contributed by atoms with Crippen molar-refractivity contribution < 1.29 is 5.11 Å². The van der Waals surface area contributed by atoms with Gasteiger partial charge in [-0.1, -0.05) is 11.6 Å². The van der Waals surface area contributed by atoms with E-state index in [1.807, 2.05) is 4.90 Å². The van der Waals surface area contributed by atoms with E-state index in [1.165, 1.54) is 0 Å². The number of aliphatic hydroxyl groups excluding tert-OH is 1. The third-order valence-corrected chi connectivity index (χ3v) is 3.30. The second-order valence-corrected chi connectivity index (χ2v) is 4.26. The van der Waals surface area contributed by atoms with Crippen molar-refractivity contribution in [2.45, 2.75) is 49.5 Å². The monoisotopic (exact) mass is 190 g/mol. The van der Waals surface area contributed by atoms with Crippen LogP contribution >= 0.6 is 11.6 Å². The minimum absolute atomic E-state index is 0.314. The second-order valence-electron chi connectivity index (χ2n) is 3.87. The van der Waals surface area contributed by atoms with Crippen molar-refractivity contribution in [2.24, 2.45) is 5.73 Å². The Morgan fingerprint density at radius 3 is 2.25 bits per heavy atom. The van der Waals surface area contributed by atoms with Crippen LogP contribution in [-0.4, -0.2) is 33.8 Å². The van der Waals surface area contributed by atoms with Gasteiger partial charge < -0.3 is 10.8 Å². The summed E-state index contributed by atoms with van der Waals surface area (Å²) in [7, 11) is 0. The van der Waals surface area contributed by atoms with Crippen LogP contribution < -0.4 is 5.73 Å². The van der Waals surface area contributed by atoms with Crippen molar-refractivity contribution >= 4 is 11.6 Å². The van der Waals surface area contributed by atoms with Gasteiger partial charge in [0.1, 0.15) is 0 Å². The summed E-state index contributed by atoms with van der Waals surface area (Å²) in [5.41, 5.74) is 5.06. The quantitative estimate of drug-likeness (QED) is 0.467. The Morgan fingerprint density at radius 2 is 1.83 bits per heavy atom. The van der Waals surface area contributed by atoms with E-state index in [-0.39, 0.29) is 0 Å². The van der Waals surface area contributed by atoms with Crippen LogP contribution in [0.5, 0.6) is 0 Å². The molecule has 0 saturated carbocycles. The highest BCUT2D eigenvalue weighted by atomic mass is 35.5. The van der Waals surface area contributed by atoms with Crippen molar-refractivity contribution in [2.75, 3.05) is 0 Å². The number of hydrogen-bond donors (Lipinski definition) is 2. The van der Waals surface area contributed by atoms with Crippen molar-refractivity contribution in [1.82, 2.24) is 4.90 Å². The Balaban J connectivity index is 2.09. The first-order chi connectivity index (χ1) is 5.68. The number of halogens is 1. The van der Waals surface area contributed by atoms with E-state index in [2.05, 4.69) is 0 Å². The number of alkyl halides is 1. The zero-order valence-corrected chi connectivity index (χ0v) is 7.74. The standard InChI is InChI=1S/C8H15ClN2O/c9-8(12)11-6-1-2-7(11)4-5(10)3-6/h5-8,12H,1-4,10H2. The molecule has 12 heavy (non-hydrogen) atoms. The van der Waals surface area contributed by atoms with Crippen LogP contribution in [0.2, 0.25) is 0 Å². The van der Waals surface area contributed by atoms with Gasteiger partial charge in [-0.05, 0) is 25.7 Å². The van der Waals surface area contributed by atoms with Gasteiger partial charge in [0.25, 0.3) is 0 Å². The minimum Gasteiger partial charge on any atom is -0.365 e. The van der Waals surface area contributed by atoms with Crippen LogP contribution in [0.1, 0.15) is 25.7 Å². The largest absolute Gasteiger partial charge is 0.365 e. The molecule has 3 nitrogen and oxygen atoms in total. The van der Waals surface area contributed by atoms with Crippen LogP contribution in [0.25, 0.3) is 0 Å². The topological polar surface area (TPSA) is 49.5 Å². The predicted molar refractivity (Wildman–Crippen MR) is 47.7 cm³/mol. The molecular weight excluding hydrogens is 176 g/mol. The summed E-state index contributed by atoms with van der Waals surface area (Å²) in [5, 5.41) is 9.29. The highest BCUT2D eigenvalue weighted by molar-refractivity contribution is 6.19. The van der Waals surface area contributed by atoms with Gasteiger partial charge in [-0.15, -0.1) is 0 Å². The first-order valence-corrected chi connectivity index (χ1v) is 4.97. The first kappa shape index (κ1) is 8.75. The number of aliphatic hydroxyl groups is 1. The normalized spacial score (nSPS) is 44.8. The van der Waals surface area contributed by atoms with Gasteiger partial charge in [0.2, 0.25) is 0 Å². The average molecular weight is 191 g/mol. The van der Waals surface area contributed by atoms with Crippen molar-refractivity contribution in [1.29, 1.82) is 0 Å². The summed E-state index contributed by atoms with van der Waals surface area (Å²) in [6.07, 6.45) is 4.25. The molecule has 2 heterocycles. The van der Waals surface area contributed by atoms with Gasteiger partial charge in [-0.3, -0.25) is 4.90 Å². The number of hydrogen-bond acceptors (Lipinski definition) is 3. The highest BCUT2D eigenvalue weighted by Gasteiger charge is 2.41. The van der Waals surface area contributed by atoms with Gasteiger partial charge in [-0.2, -0.15) is 0 Å². The fourth-order valence-electron chi connectivity index (χ4n) is 2.60. The smallest absolute Gasteiger partial charge is 0.185 e. The number of rotatable bonds is 1. The fourth-order valence-corrected chi connectivity index (χ4v) is 2.92. The second kappa shape index (κ2) is 3.14. The molecule has 2 aliphatic heterocycles. The van der Waals surface area contributed by atoms with Gasteiger partial charge in [0.05, 0.1) is 0 Å².